The van der Waals surface area contributed by atoms with Gasteiger partial charge in [-0.05, 0) is 64.2 Å². The molecule has 1 aromatic rings. The van der Waals surface area contributed by atoms with Crippen LogP contribution < -0.4 is 0 Å². The highest BCUT2D eigenvalue weighted by atomic mass is 35.5. The van der Waals surface area contributed by atoms with E-state index < -0.39 is 10.5 Å². The maximum Gasteiger partial charge on any atom is 0.252 e. The Morgan fingerprint density at radius 3 is 1.60 bits per heavy atom. The third kappa shape index (κ3) is 4.60. The van der Waals surface area contributed by atoms with Gasteiger partial charge in [0.1, 0.15) is 0 Å². The van der Waals surface area contributed by atoms with Crippen molar-refractivity contribution in [2.75, 3.05) is 0 Å². The van der Waals surface area contributed by atoms with E-state index in [0.717, 1.165) is 12.0 Å². The van der Waals surface area contributed by atoms with Crippen LogP contribution in [-0.4, -0.2) is 10.5 Å². The van der Waals surface area contributed by atoms with Crippen LogP contribution in [0.25, 0.3) is 0 Å². The topological polar surface area (TPSA) is 34.1 Å². The van der Waals surface area contributed by atoms with Gasteiger partial charge in [-0.1, -0.05) is 34.6 Å². The average Bonchev–Trinajstić information content (AvgIpc) is 2.25. The minimum absolute atomic E-state index is 0.121. The molecule has 0 spiro atoms. The molecular formula is C16H20Cl2O2. The lowest BCUT2D eigenvalue weighted by Crippen LogP contribution is -2.25. The molecule has 0 N–H and O–H groups in total. The highest BCUT2D eigenvalue weighted by Crippen LogP contribution is 2.37. The molecule has 2 nitrogen and oxygen atoms in total. The van der Waals surface area contributed by atoms with Crippen LogP contribution in [0.5, 0.6) is 0 Å². The highest BCUT2D eigenvalue weighted by Gasteiger charge is 2.28. The summed E-state index contributed by atoms with van der Waals surface area (Å²) in [5.41, 5.74) is 1.42. The first-order chi connectivity index (χ1) is 8.92. The Balaban J connectivity index is 3.36. The van der Waals surface area contributed by atoms with Gasteiger partial charge >= 0.3 is 0 Å². The molecule has 110 valence electrons. The van der Waals surface area contributed by atoms with Crippen molar-refractivity contribution >= 4 is 33.7 Å². The predicted molar refractivity (Wildman–Crippen MR) is 83.9 cm³/mol. The zero-order chi connectivity index (χ0) is 15.7. The molecule has 0 saturated heterocycles. The minimum atomic E-state index is -0.586. The lowest BCUT2D eigenvalue weighted by molar-refractivity contribution is 0.108. The van der Waals surface area contributed by atoms with E-state index >= 15 is 0 Å². The Bertz CT molecular complexity index is 508. The highest BCUT2D eigenvalue weighted by molar-refractivity contribution is 6.69. The van der Waals surface area contributed by atoms with Crippen LogP contribution >= 0.6 is 23.2 Å². The number of benzene rings is 1. The van der Waals surface area contributed by atoms with Gasteiger partial charge in [0.25, 0.3) is 10.5 Å². The minimum Gasteiger partial charge on any atom is -0.276 e. The van der Waals surface area contributed by atoms with Crippen LogP contribution in [0.1, 0.15) is 67.3 Å². The zero-order valence-electron chi connectivity index (χ0n) is 12.5. The normalized spacial score (nSPS) is 12.3. The largest absolute Gasteiger partial charge is 0.276 e. The summed E-state index contributed by atoms with van der Waals surface area (Å²) < 4.78 is 0. The second-order valence-electron chi connectivity index (χ2n) is 6.97. The third-order valence-electron chi connectivity index (χ3n) is 3.14. The Hall–Kier alpha value is -0.860. The predicted octanol–water partition coefficient (Wildman–Crippen LogP) is 5.16. The van der Waals surface area contributed by atoms with Crippen molar-refractivity contribution in [3.8, 4) is 0 Å². The Kier molecular flexibility index (Phi) is 5.04. The maximum atomic E-state index is 11.4. The van der Waals surface area contributed by atoms with E-state index in [1.807, 2.05) is 0 Å². The van der Waals surface area contributed by atoms with Crippen molar-refractivity contribution in [1.82, 2.24) is 0 Å². The monoisotopic (exact) mass is 314 g/mol. The third-order valence-corrected chi connectivity index (χ3v) is 3.58. The molecule has 0 aliphatic heterocycles. The molecule has 0 radical (unpaired) electrons. The van der Waals surface area contributed by atoms with Crippen molar-refractivity contribution in [1.29, 1.82) is 0 Å². The van der Waals surface area contributed by atoms with Crippen molar-refractivity contribution in [2.24, 2.45) is 5.41 Å². The van der Waals surface area contributed by atoms with E-state index in [0.29, 0.717) is 11.1 Å². The quantitative estimate of drug-likeness (QED) is 0.719. The maximum absolute atomic E-state index is 11.4. The summed E-state index contributed by atoms with van der Waals surface area (Å²) in [6.45, 7) is 10.6. The number of halogens is 2. The lowest BCUT2D eigenvalue weighted by atomic mass is 9.72. The molecule has 0 saturated carbocycles. The number of carbonyl (C=O) groups is 2. The van der Waals surface area contributed by atoms with Crippen LogP contribution in [0.15, 0.2) is 18.2 Å². The molecule has 0 heterocycles. The molecular weight excluding hydrogens is 295 g/mol. The van der Waals surface area contributed by atoms with Crippen molar-refractivity contribution in [2.45, 2.75) is 46.5 Å². The summed E-state index contributed by atoms with van der Waals surface area (Å²) in [5, 5.41) is -1.17. The first-order valence-electron chi connectivity index (χ1n) is 6.48. The van der Waals surface area contributed by atoms with Crippen molar-refractivity contribution < 1.29 is 9.59 Å². The number of hydrogen-bond donors (Lipinski definition) is 0. The molecule has 0 amide bonds. The fourth-order valence-corrected chi connectivity index (χ4v) is 2.89. The van der Waals surface area contributed by atoms with Gasteiger partial charge in [0.2, 0.25) is 0 Å². The van der Waals surface area contributed by atoms with E-state index in [4.69, 9.17) is 23.2 Å². The van der Waals surface area contributed by atoms with E-state index in [9.17, 15) is 9.59 Å². The molecule has 0 fully saturated rings. The fourth-order valence-electron chi connectivity index (χ4n) is 2.67. The SMILES string of the molecule is CC(C)(C)CC(C)(C)c1cc(C(=O)Cl)cc(C(=O)Cl)c1. The molecule has 0 aliphatic carbocycles. The molecule has 0 atom stereocenters. The fraction of sp³-hybridized carbons (Fsp3) is 0.500. The first-order valence-corrected chi connectivity index (χ1v) is 7.23. The summed E-state index contributed by atoms with van der Waals surface area (Å²) in [4.78, 5) is 22.8. The standard InChI is InChI=1S/C16H20Cl2O2/c1-15(2,3)9-16(4,5)12-7-10(13(17)19)6-11(8-12)14(18)20/h6-8H,9H2,1-5H3. The van der Waals surface area contributed by atoms with Gasteiger partial charge in [0, 0.05) is 11.1 Å². The molecule has 0 unspecified atom stereocenters. The summed E-state index contributed by atoms with van der Waals surface area (Å²) in [5.74, 6) is 0. The lowest BCUT2D eigenvalue weighted by Gasteiger charge is -2.33. The van der Waals surface area contributed by atoms with E-state index in [1.54, 1.807) is 12.1 Å². The van der Waals surface area contributed by atoms with Gasteiger partial charge in [-0.15, -0.1) is 0 Å². The smallest absolute Gasteiger partial charge is 0.252 e. The van der Waals surface area contributed by atoms with Gasteiger partial charge in [0.15, 0.2) is 0 Å². The van der Waals surface area contributed by atoms with Crippen LogP contribution in [-0.2, 0) is 5.41 Å². The van der Waals surface area contributed by atoms with Gasteiger partial charge < -0.3 is 0 Å². The molecule has 1 aromatic carbocycles. The van der Waals surface area contributed by atoms with Crippen LogP contribution in [0, 0.1) is 5.41 Å². The van der Waals surface area contributed by atoms with Crippen molar-refractivity contribution in [3.63, 3.8) is 0 Å². The van der Waals surface area contributed by atoms with Gasteiger partial charge in [0.05, 0.1) is 0 Å². The van der Waals surface area contributed by atoms with Gasteiger partial charge in [-0.3, -0.25) is 9.59 Å². The molecule has 20 heavy (non-hydrogen) atoms. The Morgan fingerprint density at radius 2 is 1.30 bits per heavy atom. The Morgan fingerprint density at radius 1 is 0.900 bits per heavy atom. The van der Waals surface area contributed by atoms with Crippen LogP contribution in [0.4, 0.5) is 0 Å². The summed E-state index contributed by atoms with van der Waals surface area (Å²) in [6, 6.07) is 4.91. The number of hydrogen-bond acceptors (Lipinski definition) is 2. The van der Waals surface area contributed by atoms with Crippen molar-refractivity contribution in [3.05, 3.63) is 34.9 Å². The van der Waals surface area contributed by atoms with Crippen LogP contribution in [0.2, 0.25) is 0 Å². The average molecular weight is 315 g/mol. The molecule has 1 rings (SSSR count). The number of rotatable bonds is 4. The number of carbonyl (C=O) groups excluding carboxylic acids is 2. The van der Waals surface area contributed by atoms with E-state index in [2.05, 4.69) is 34.6 Å². The van der Waals surface area contributed by atoms with E-state index in [-0.39, 0.29) is 10.8 Å². The summed E-state index contributed by atoms with van der Waals surface area (Å²) in [6.07, 6.45) is 0.899. The Labute approximate surface area is 130 Å². The summed E-state index contributed by atoms with van der Waals surface area (Å²) in [7, 11) is 0. The first kappa shape index (κ1) is 17.2. The summed E-state index contributed by atoms with van der Waals surface area (Å²) >= 11 is 11.1. The second-order valence-corrected chi connectivity index (χ2v) is 7.65. The molecule has 0 aliphatic rings. The molecule has 0 aromatic heterocycles. The zero-order valence-corrected chi connectivity index (χ0v) is 14.0. The molecule has 4 heteroatoms. The van der Waals surface area contributed by atoms with Gasteiger partial charge in [-0.2, -0.15) is 0 Å². The van der Waals surface area contributed by atoms with Crippen LogP contribution in [0.3, 0.4) is 0 Å². The van der Waals surface area contributed by atoms with Gasteiger partial charge in [-0.25, -0.2) is 0 Å². The molecule has 0 bridgehead atoms. The second kappa shape index (κ2) is 5.87. The van der Waals surface area contributed by atoms with E-state index in [1.165, 1.54) is 6.07 Å².